The van der Waals surface area contributed by atoms with Gasteiger partial charge < -0.3 is 19.5 Å². The lowest BCUT2D eigenvalue weighted by Gasteiger charge is -2.27. The Morgan fingerprint density at radius 2 is 1.91 bits per heavy atom. The molecule has 3 aromatic rings. The van der Waals surface area contributed by atoms with Gasteiger partial charge in [0.15, 0.2) is 11.0 Å². The fourth-order valence-corrected chi connectivity index (χ4v) is 5.49. The summed E-state index contributed by atoms with van der Waals surface area (Å²) in [7, 11) is 3.54. The first-order chi connectivity index (χ1) is 17.1. The second kappa shape index (κ2) is 12.1. The number of hydrogen-bond acceptors (Lipinski definition) is 6. The van der Waals surface area contributed by atoms with Crippen molar-refractivity contribution in [3.63, 3.8) is 0 Å². The van der Waals surface area contributed by atoms with Crippen LogP contribution in [0.2, 0.25) is 0 Å². The van der Waals surface area contributed by atoms with Gasteiger partial charge in [0, 0.05) is 24.8 Å². The van der Waals surface area contributed by atoms with E-state index >= 15 is 0 Å². The van der Waals surface area contributed by atoms with Crippen LogP contribution in [0.15, 0.2) is 59.8 Å². The molecule has 1 unspecified atom stereocenters. The summed E-state index contributed by atoms with van der Waals surface area (Å²) in [6.07, 6.45) is 5.95. The van der Waals surface area contributed by atoms with E-state index in [1.165, 1.54) is 31.0 Å². The Morgan fingerprint density at radius 1 is 1.14 bits per heavy atom. The molecule has 1 saturated carbocycles. The van der Waals surface area contributed by atoms with E-state index in [0.29, 0.717) is 18.3 Å². The predicted octanol–water partition coefficient (Wildman–Crippen LogP) is 5.72. The third-order valence-electron chi connectivity index (χ3n) is 6.78. The van der Waals surface area contributed by atoms with Gasteiger partial charge in [0.05, 0.1) is 25.4 Å². The minimum atomic E-state index is 0.0168. The summed E-state index contributed by atoms with van der Waals surface area (Å²) in [5, 5.41) is 13.3. The van der Waals surface area contributed by atoms with Gasteiger partial charge in [-0.05, 0) is 37.5 Å². The largest absolute Gasteiger partial charge is 0.497 e. The average Bonchev–Trinajstić information content (AvgIpc) is 3.33. The molecule has 0 aliphatic heterocycles. The van der Waals surface area contributed by atoms with Crippen LogP contribution in [0.3, 0.4) is 0 Å². The number of carbonyl (C=O) groups is 1. The Bertz CT molecular complexity index is 1100. The second-order valence-electron chi connectivity index (χ2n) is 9.03. The highest BCUT2D eigenvalue weighted by Gasteiger charge is 2.24. The lowest BCUT2D eigenvalue weighted by atomic mass is 9.95. The second-order valence-corrected chi connectivity index (χ2v) is 9.97. The molecule has 0 bridgehead atoms. The molecule has 1 aliphatic carbocycles. The zero-order valence-electron chi connectivity index (χ0n) is 20.8. The lowest BCUT2D eigenvalue weighted by molar-refractivity contribution is -0.128. The summed E-state index contributed by atoms with van der Waals surface area (Å²) >= 11 is 1.49. The minimum Gasteiger partial charge on any atom is -0.497 e. The number of nitrogens with zero attached hydrogens (tertiary/aromatic N) is 4. The molecule has 0 spiro atoms. The zero-order valence-corrected chi connectivity index (χ0v) is 21.6. The van der Waals surface area contributed by atoms with Crippen molar-refractivity contribution in [2.45, 2.75) is 62.8 Å². The summed E-state index contributed by atoms with van der Waals surface area (Å²) in [6, 6.07) is 18.4. The predicted molar refractivity (Wildman–Crippen MR) is 141 cm³/mol. The van der Waals surface area contributed by atoms with Gasteiger partial charge in [-0.1, -0.05) is 67.4 Å². The number of nitrogens with one attached hydrogen (secondary N) is 1. The number of aromatic nitrogens is 3. The van der Waals surface area contributed by atoms with E-state index in [4.69, 9.17) is 4.74 Å². The third kappa shape index (κ3) is 6.36. The Kier molecular flexibility index (Phi) is 8.69. The van der Waals surface area contributed by atoms with Crippen molar-refractivity contribution in [3.8, 4) is 5.75 Å². The van der Waals surface area contributed by atoms with E-state index < -0.39 is 0 Å². The molecule has 4 rings (SSSR count). The van der Waals surface area contributed by atoms with Crippen LogP contribution < -0.4 is 10.1 Å². The first-order valence-electron chi connectivity index (χ1n) is 12.3. The number of ether oxygens (including phenoxy) is 1. The van der Waals surface area contributed by atoms with Crippen LogP contribution in [-0.2, 0) is 11.3 Å². The molecular formula is C27H35N5O2S. The van der Waals surface area contributed by atoms with E-state index in [1.807, 2.05) is 54.4 Å². The molecule has 0 radical (unpaired) electrons. The van der Waals surface area contributed by atoms with Crippen LogP contribution in [0.1, 0.15) is 62.5 Å². The Labute approximate surface area is 212 Å². The maximum Gasteiger partial charge on any atom is 0.233 e. The van der Waals surface area contributed by atoms with Gasteiger partial charge in [-0.2, -0.15) is 0 Å². The fourth-order valence-electron chi connectivity index (χ4n) is 4.55. The Morgan fingerprint density at radius 3 is 2.66 bits per heavy atom. The van der Waals surface area contributed by atoms with Gasteiger partial charge in [-0.25, -0.2) is 0 Å². The van der Waals surface area contributed by atoms with Crippen molar-refractivity contribution in [2.75, 3.05) is 25.2 Å². The van der Waals surface area contributed by atoms with Crippen molar-refractivity contribution in [1.29, 1.82) is 0 Å². The smallest absolute Gasteiger partial charge is 0.233 e. The molecule has 35 heavy (non-hydrogen) atoms. The van der Waals surface area contributed by atoms with Gasteiger partial charge >= 0.3 is 0 Å². The van der Waals surface area contributed by atoms with Crippen LogP contribution in [0.5, 0.6) is 5.75 Å². The molecule has 1 heterocycles. The number of rotatable bonds is 10. The summed E-state index contributed by atoms with van der Waals surface area (Å²) in [4.78, 5) is 14.8. The molecule has 1 amide bonds. The lowest BCUT2D eigenvalue weighted by Crippen LogP contribution is -2.31. The Balaban J connectivity index is 1.45. The van der Waals surface area contributed by atoms with Crippen molar-refractivity contribution >= 4 is 23.4 Å². The molecule has 1 aliphatic rings. The molecule has 7 nitrogen and oxygen atoms in total. The SMILES string of the molecule is COc1cccc(NCc2nnc(SCC(=O)N(C)C(C)c3ccccc3)n2C2CCCCC2)c1. The maximum atomic E-state index is 13.0. The van der Waals surface area contributed by atoms with Crippen LogP contribution in [0.25, 0.3) is 0 Å². The van der Waals surface area contributed by atoms with Gasteiger partial charge in [0.25, 0.3) is 0 Å². The summed E-state index contributed by atoms with van der Waals surface area (Å²) in [5.41, 5.74) is 2.10. The fraction of sp³-hybridized carbons (Fsp3) is 0.444. The number of thioether (sulfide) groups is 1. The highest BCUT2D eigenvalue weighted by atomic mass is 32.2. The summed E-state index contributed by atoms with van der Waals surface area (Å²) in [6.45, 7) is 2.63. The molecule has 0 saturated heterocycles. The molecule has 2 aromatic carbocycles. The minimum absolute atomic E-state index is 0.0168. The number of hydrogen-bond donors (Lipinski definition) is 1. The van der Waals surface area contributed by atoms with Gasteiger partial charge in [-0.3, -0.25) is 4.79 Å². The van der Waals surface area contributed by atoms with E-state index in [-0.39, 0.29) is 11.9 Å². The van der Waals surface area contributed by atoms with Crippen molar-refractivity contribution in [2.24, 2.45) is 0 Å². The normalized spacial score (nSPS) is 14.9. The molecule has 1 atom stereocenters. The topological polar surface area (TPSA) is 72.3 Å². The van der Waals surface area contributed by atoms with Crippen LogP contribution >= 0.6 is 11.8 Å². The Hall–Kier alpha value is -3.00. The average molecular weight is 494 g/mol. The number of carbonyl (C=O) groups excluding carboxylic acids is 1. The van der Waals surface area contributed by atoms with Gasteiger partial charge in [-0.15, -0.1) is 10.2 Å². The van der Waals surface area contributed by atoms with Crippen LogP contribution in [0.4, 0.5) is 5.69 Å². The number of anilines is 1. The van der Waals surface area contributed by atoms with E-state index in [0.717, 1.165) is 40.8 Å². The van der Waals surface area contributed by atoms with Gasteiger partial charge in [0.2, 0.25) is 5.91 Å². The standard InChI is InChI=1S/C27H35N5O2S/c1-20(21-11-6-4-7-12-21)31(2)26(33)19-35-27-30-29-25(32(27)23-14-8-5-9-15-23)18-28-22-13-10-16-24(17-22)34-3/h4,6-7,10-13,16-17,20,23,28H,5,8-9,14-15,18-19H2,1-3H3. The number of benzene rings is 2. The van der Waals surface area contributed by atoms with E-state index in [1.54, 1.807) is 7.11 Å². The molecule has 8 heteroatoms. The molecule has 1 N–H and O–H groups in total. The quantitative estimate of drug-likeness (QED) is 0.365. The maximum absolute atomic E-state index is 13.0. The van der Waals surface area contributed by atoms with Gasteiger partial charge in [0.1, 0.15) is 5.75 Å². The number of methoxy groups -OCH3 is 1. The van der Waals surface area contributed by atoms with Crippen molar-refractivity contribution < 1.29 is 9.53 Å². The molecule has 1 aromatic heterocycles. The van der Waals surface area contributed by atoms with E-state index in [9.17, 15) is 4.79 Å². The van der Waals surface area contributed by atoms with Crippen LogP contribution in [0, 0.1) is 0 Å². The first-order valence-corrected chi connectivity index (χ1v) is 13.3. The van der Waals surface area contributed by atoms with Crippen molar-refractivity contribution in [1.82, 2.24) is 19.7 Å². The highest BCUT2D eigenvalue weighted by Crippen LogP contribution is 2.33. The highest BCUT2D eigenvalue weighted by molar-refractivity contribution is 7.99. The molecule has 186 valence electrons. The van der Waals surface area contributed by atoms with Crippen LogP contribution in [-0.4, -0.2) is 45.5 Å². The van der Waals surface area contributed by atoms with E-state index in [2.05, 4.69) is 39.1 Å². The molecular weight excluding hydrogens is 458 g/mol. The molecule has 1 fully saturated rings. The number of amides is 1. The first kappa shape index (κ1) is 25.1. The monoisotopic (exact) mass is 493 g/mol. The summed E-state index contributed by atoms with van der Waals surface area (Å²) in [5.74, 6) is 2.13. The van der Waals surface area contributed by atoms with Crippen molar-refractivity contribution in [3.05, 3.63) is 66.0 Å². The summed E-state index contributed by atoms with van der Waals surface area (Å²) < 4.78 is 7.60. The third-order valence-corrected chi connectivity index (χ3v) is 7.70. The zero-order chi connectivity index (χ0) is 24.6.